The predicted molar refractivity (Wildman–Crippen MR) is 146 cm³/mol. The molecule has 38 heavy (non-hydrogen) atoms. The average molecular weight is 555 g/mol. The van der Waals surface area contributed by atoms with Gasteiger partial charge in [0, 0.05) is 48.2 Å². The van der Waals surface area contributed by atoms with Gasteiger partial charge in [0.2, 0.25) is 0 Å². The van der Waals surface area contributed by atoms with E-state index in [0.717, 1.165) is 24.2 Å². The molecule has 3 aromatic rings. The van der Waals surface area contributed by atoms with Crippen molar-refractivity contribution in [1.82, 2.24) is 14.8 Å². The Bertz CT molecular complexity index is 1310. The van der Waals surface area contributed by atoms with Crippen LogP contribution >= 0.6 is 23.2 Å². The predicted octanol–water partition coefficient (Wildman–Crippen LogP) is 4.74. The number of nitrogens with zero attached hydrogens (tertiary/aromatic N) is 4. The second-order valence-corrected chi connectivity index (χ2v) is 9.98. The van der Waals surface area contributed by atoms with Gasteiger partial charge in [-0.25, -0.2) is 5.01 Å². The van der Waals surface area contributed by atoms with E-state index in [-0.39, 0.29) is 24.1 Å². The van der Waals surface area contributed by atoms with Crippen LogP contribution in [0.4, 0.5) is 0 Å². The van der Waals surface area contributed by atoms with Crippen LogP contribution < -0.4 is 0 Å². The number of hydrazone groups is 1. The number of amides is 2. The van der Waals surface area contributed by atoms with Crippen LogP contribution in [0.25, 0.3) is 0 Å². The summed E-state index contributed by atoms with van der Waals surface area (Å²) in [5.41, 5.74) is 2.23. The van der Waals surface area contributed by atoms with Crippen molar-refractivity contribution in [3.63, 3.8) is 0 Å². The van der Waals surface area contributed by atoms with Gasteiger partial charge in [-0.3, -0.25) is 14.5 Å². The number of hydrogen-bond donors (Lipinski definition) is 0. The van der Waals surface area contributed by atoms with E-state index in [4.69, 9.17) is 37.5 Å². The Labute approximate surface area is 231 Å². The highest BCUT2D eigenvalue weighted by atomic mass is 35.5. The molecule has 1 aromatic heterocycles. The van der Waals surface area contributed by atoms with Crippen molar-refractivity contribution in [3.8, 4) is 0 Å². The standard InChI is InChI=1S/C28H28Cl2N4O4/c29-22-8-3-1-6-20(22)24-18-25(21-7-2-4-9-23(21)30)34(31-24)27(35)19-33(28(36)26-10-5-15-38-26)12-11-32-13-16-37-17-14-32/h1-10,15,25H,11-14,16-19H2. The van der Waals surface area contributed by atoms with Gasteiger partial charge in [0.1, 0.15) is 6.54 Å². The molecule has 198 valence electrons. The van der Waals surface area contributed by atoms with Gasteiger partial charge in [0.15, 0.2) is 5.76 Å². The summed E-state index contributed by atoms with van der Waals surface area (Å²) in [6.45, 7) is 3.67. The largest absolute Gasteiger partial charge is 0.459 e. The second-order valence-electron chi connectivity index (χ2n) is 9.16. The molecule has 10 heteroatoms. The van der Waals surface area contributed by atoms with Gasteiger partial charge in [-0.05, 0) is 29.8 Å². The molecule has 0 aliphatic carbocycles. The third kappa shape index (κ3) is 5.94. The summed E-state index contributed by atoms with van der Waals surface area (Å²) >= 11 is 13.0. The lowest BCUT2D eigenvalue weighted by Gasteiger charge is -2.30. The minimum atomic E-state index is -0.428. The first kappa shape index (κ1) is 26.4. The quantitative estimate of drug-likeness (QED) is 0.402. The summed E-state index contributed by atoms with van der Waals surface area (Å²) in [6.07, 6.45) is 1.89. The fraction of sp³-hybridized carbons (Fsp3) is 0.321. The van der Waals surface area contributed by atoms with E-state index in [1.807, 2.05) is 36.4 Å². The van der Waals surface area contributed by atoms with E-state index in [1.165, 1.54) is 16.2 Å². The minimum Gasteiger partial charge on any atom is -0.459 e. The summed E-state index contributed by atoms with van der Waals surface area (Å²) in [6, 6.07) is 17.7. The molecular weight excluding hydrogens is 527 g/mol. The molecule has 3 heterocycles. The van der Waals surface area contributed by atoms with Crippen LogP contribution in [0.3, 0.4) is 0 Å². The van der Waals surface area contributed by atoms with E-state index in [0.29, 0.717) is 48.5 Å². The third-order valence-corrected chi connectivity index (χ3v) is 7.42. The smallest absolute Gasteiger partial charge is 0.290 e. The van der Waals surface area contributed by atoms with E-state index in [2.05, 4.69) is 4.90 Å². The van der Waals surface area contributed by atoms with Gasteiger partial charge in [-0.15, -0.1) is 0 Å². The van der Waals surface area contributed by atoms with Crippen LogP contribution in [0.15, 0.2) is 76.4 Å². The van der Waals surface area contributed by atoms with Crippen molar-refractivity contribution >= 4 is 40.7 Å². The Hall–Kier alpha value is -3.17. The molecule has 8 nitrogen and oxygen atoms in total. The fourth-order valence-electron chi connectivity index (χ4n) is 4.72. The minimum absolute atomic E-state index is 0.163. The molecule has 2 amide bonds. The zero-order chi connectivity index (χ0) is 26.5. The molecule has 1 unspecified atom stereocenters. The summed E-state index contributed by atoms with van der Waals surface area (Å²) < 4.78 is 10.8. The van der Waals surface area contributed by atoms with Crippen molar-refractivity contribution in [2.24, 2.45) is 5.10 Å². The molecular formula is C28H28Cl2N4O4. The highest BCUT2D eigenvalue weighted by Crippen LogP contribution is 2.37. The van der Waals surface area contributed by atoms with Gasteiger partial charge < -0.3 is 14.1 Å². The molecule has 1 saturated heterocycles. The summed E-state index contributed by atoms with van der Waals surface area (Å²) in [4.78, 5) is 30.9. The lowest BCUT2D eigenvalue weighted by Crippen LogP contribution is -2.46. The van der Waals surface area contributed by atoms with Crippen LogP contribution in [-0.4, -0.2) is 78.3 Å². The zero-order valence-electron chi connectivity index (χ0n) is 20.8. The maximum atomic E-state index is 13.8. The molecule has 0 spiro atoms. The fourth-order valence-corrected chi connectivity index (χ4v) is 5.22. The number of furan rings is 1. The Morgan fingerprint density at radius 2 is 1.71 bits per heavy atom. The van der Waals surface area contributed by atoms with Crippen LogP contribution in [0.5, 0.6) is 0 Å². The zero-order valence-corrected chi connectivity index (χ0v) is 22.3. The number of carbonyl (C=O) groups excluding carboxylic acids is 2. The van der Waals surface area contributed by atoms with E-state index < -0.39 is 6.04 Å². The van der Waals surface area contributed by atoms with Crippen molar-refractivity contribution in [3.05, 3.63) is 93.9 Å². The SMILES string of the molecule is O=C(c1ccco1)N(CCN1CCOCC1)CC(=O)N1N=C(c2ccccc2Cl)CC1c1ccccc1Cl. The lowest BCUT2D eigenvalue weighted by atomic mass is 9.98. The van der Waals surface area contributed by atoms with Crippen molar-refractivity contribution in [2.75, 3.05) is 45.9 Å². The first-order chi connectivity index (χ1) is 18.5. The first-order valence-corrected chi connectivity index (χ1v) is 13.3. The second kappa shape index (κ2) is 12.1. The van der Waals surface area contributed by atoms with Crippen LogP contribution in [0, 0.1) is 0 Å². The van der Waals surface area contributed by atoms with Gasteiger partial charge in [-0.2, -0.15) is 5.10 Å². The molecule has 1 atom stereocenters. The first-order valence-electron chi connectivity index (χ1n) is 12.5. The molecule has 0 saturated carbocycles. The maximum absolute atomic E-state index is 13.8. The molecule has 0 bridgehead atoms. The monoisotopic (exact) mass is 554 g/mol. The van der Waals surface area contributed by atoms with Crippen LogP contribution in [0.1, 0.15) is 34.1 Å². The summed E-state index contributed by atoms with van der Waals surface area (Å²) in [5, 5.41) is 7.25. The number of halogens is 2. The topological polar surface area (TPSA) is 78.6 Å². The van der Waals surface area contributed by atoms with E-state index in [1.54, 1.807) is 24.3 Å². The van der Waals surface area contributed by atoms with Crippen LogP contribution in [0.2, 0.25) is 10.0 Å². The normalized spacial score (nSPS) is 17.9. The molecule has 2 aromatic carbocycles. The Kier molecular flexibility index (Phi) is 8.44. The van der Waals surface area contributed by atoms with Crippen molar-refractivity contribution in [1.29, 1.82) is 0 Å². The van der Waals surface area contributed by atoms with Crippen molar-refractivity contribution < 1.29 is 18.7 Å². The van der Waals surface area contributed by atoms with Crippen molar-refractivity contribution in [2.45, 2.75) is 12.5 Å². The lowest BCUT2D eigenvalue weighted by molar-refractivity contribution is -0.133. The van der Waals surface area contributed by atoms with Gasteiger partial charge >= 0.3 is 0 Å². The molecule has 2 aliphatic heterocycles. The van der Waals surface area contributed by atoms with Gasteiger partial charge in [-0.1, -0.05) is 59.6 Å². The average Bonchev–Trinajstić information content (AvgIpc) is 3.63. The summed E-state index contributed by atoms with van der Waals surface area (Å²) in [5.74, 6) is -0.483. The molecule has 0 N–H and O–H groups in total. The Balaban J connectivity index is 1.41. The number of benzene rings is 2. The van der Waals surface area contributed by atoms with Gasteiger partial charge in [0.05, 0.1) is 31.2 Å². The number of carbonyl (C=O) groups is 2. The maximum Gasteiger partial charge on any atom is 0.290 e. The molecule has 1 fully saturated rings. The number of morpholine rings is 1. The highest BCUT2D eigenvalue weighted by Gasteiger charge is 2.36. The Morgan fingerprint density at radius 1 is 0.974 bits per heavy atom. The van der Waals surface area contributed by atoms with Gasteiger partial charge in [0.25, 0.3) is 11.8 Å². The van der Waals surface area contributed by atoms with Crippen LogP contribution in [-0.2, 0) is 9.53 Å². The molecule has 0 radical (unpaired) electrons. The highest BCUT2D eigenvalue weighted by molar-refractivity contribution is 6.34. The summed E-state index contributed by atoms with van der Waals surface area (Å²) in [7, 11) is 0. The Morgan fingerprint density at radius 3 is 2.42 bits per heavy atom. The molecule has 2 aliphatic rings. The van der Waals surface area contributed by atoms with E-state index in [9.17, 15) is 9.59 Å². The third-order valence-electron chi connectivity index (χ3n) is 6.75. The molecule has 5 rings (SSSR count). The number of hydrogen-bond acceptors (Lipinski definition) is 6. The van der Waals surface area contributed by atoms with E-state index >= 15 is 0 Å². The number of ether oxygens (including phenoxy) is 1. The number of rotatable bonds is 8.